The van der Waals surface area contributed by atoms with Crippen LogP contribution >= 0.6 is 7.60 Å². The van der Waals surface area contributed by atoms with Gasteiger partial charge in [0.15, 0.2) is 0 Å². The molecule has 6 heteroatoms. The van der Waals surface area contributed by atoms with Crippen LogP contribution < -0.4 is 0 Å². The molecule has 0 radical (unpaired) electrons. The number of carbonyl (C=O) groups is 1. The first-order chi connectivity index (χ1) is 8.59. The predicted octanol–water partition coefficient (Wildman–Crippen LogP) is 3.13. The first-order valence-corrected chi connectivity index (χ1v) is 8.40. The summed E-state index contributed by atoms with van der Waals surface area (Å²) >= 11 is 0. The minimum Gasteiger partial charge on any atom is -0.462 e. The van der Waals surface area contributed by atoms with E-state index in [9.17, 15) is 9.36 Å². The smallest absolute Gasteiger partial charge is 0.341 e. The number of hydrogen-bond acceptors (Lipinski definition) is 5. The molecule has 0 heterocycles. The zero-order valence-corrected chi connectivity index (χ0v) is 12.1. The molecule has 5 nitrogen and oxygen atoms in total. The third-order valence-corrected chi connectivity index (χ3v) is 4.77. The van der Waals surface area contributed by atoms with Gasteiger partial charge in [-0.05, 0) is 39.5 Å². The Kier molecular flexibility index (Phi) is 6.90. The van der Waals surface area contributed by atoms with Gasteiger partial charge in [0, 0.05) is 0 Å². The highest BCUT2D eigenvalue weighted by molar-refractivity contribution is 7.54. The van der Waals surface area contributed by atoms with E-state index in [0.717, 1.165) is 25.7 Å². The third kappa shape index (κ3) is 5.51. The molecule has 0 bridgehead atoms. The summed E-state index contributed by atoms with van der Waals surface area (Å²) in [6.45, 7) is 3.96. The fraction of sp³-hybridized carbons (Fsp3) is 0.917. The molecule has 0 atom stereocenters. The highest BCUT2D eigenvalue weighted by atomic mass is 31.2. The first kappa shape index (κ1) is 15.7. The highest BCUT2D eigenvalue weighted by Gasteiger charge is 2.30. The molecular weight excluding hydrogens is 255 g/mol. The molecule has 0 aromatic rings. The van der Waals surface area contributed by atoms with Gasteiger partial charge in [-0.15, -0.1) is 0 Å². The Morgan fingerprint density at radius 3 is 2.17 bits per heavy atom. The largest absolute Gasteiger partial charge is 0.462 e. The van der Waals surface area contributed by atoms with Gasteiger partial charge in [-0.1, -0.05) is 6.42 Å². The maximum Gasteiger partial charge on any atom is 0.341 e. The standard InChI is InChI=1S/C12H23O5P/c1-3-15-18(14,16-4-2)10-12(13)17-11-8-6-5-7-9-11/h11H,3-10H2,1-2H3. The van der Waals surface area contributed by atoms with Crippen LogP contribution in [0.15, 0.2) is 0 Å². The molecular formula is C12H23O5P. The van der Waals surface area contributed by atoms with Crippen LogP contribution in [0.1, 0.15) is 46.0 Å². The molecule has 0 unspecified atom stereocenters. The molecule has 1 fully saturated rings. The second kappa shape index (κ2) is 7.93. The Morgan fingerprint density at radius 1 is 1.11 bits per heavy atom. The number of hydrogen-bond donors (Lipinski definition) is 0. The monoisotopic (exact) mass is 278 g/mol. The van der Waals surface area contributed by atoms with Gasteiger partial charge in [-0.2, -0.15) is 0 Å². The Morgan fingerprint density at radius 2 is 1.67 bits per heavy atom. The molecule has 0 aromatic carbocycles. The Balaban J connectivity index is 2.42. The number of rotatable bonds is 7. The van der Waals surface area contributed by atoms with Crippen LogP contribution in [0, 0.1) is 0 Å². The Hall–Kier alpha value is -0.380. The van der Waals surface area contributed by atoms with Crippen molar-refractivity contribution in [2.45, 2.75) is 52.1 Å². The van der Waals surface area contributed by atoms with Crippen LogP contribution in [-0.2, 0) is 23.1 Å². The van der Waals surface area contributed by atoms with E-state index >= 15 is 0 Å². The van der Waals surface area contributed by atoms with E-state index in [1.807, 2.05) is 0 Å². The van der Waals surface area contributed by atoms with Crippen LogP contribution in [0.2, 0.25) is 0 Å². The lowest BCUT2D eigenvalue weighted by Gasteiger charge is -2.23. The number of ether oxygens (including phenoxy) is 1. The van der Waals surface area contributed by atoms with E-state index < -0.39 is 13.6 Å². The molecule has 1 rings (SSSR count). The van der Waals surface area contributed by atoms with E-state index in [4.69, 9.17) is 13.8 Å². The summed E-state index contributed by atoms with van der Waals surface area (Å²) < 4.78 is 27.6. The van der Waals surface area contributed by atoms with E-state index in [1.54, 1.807) is 13.8 Å². The predicted molar refractivity (Wildman–Crippen MR) is 68.7 cm³/mol. The molecule has 0 N–H and O–H groups in total. The third-order valence-electron chi connectivity index (χ3n) is 2.82. The topological polar surface area (TPSA) is 61.8 Å². The van der Waals surface area contributed by atoms with Crippen molar-refractivity contribution in [2.75, 3.05) is 19.4 Å². The molecule has 0 aromatic heterocycles. The molecule has 18 heavy (non-hydrogen) atoms. The summed E-state index contributed by atoms with van der Waals surface area (Å²) in [5, 5.41) is 0. The van der Waals surface area contributed by atoms with E-state index in [2.05, 4.69) is 0 Å². The lowest BCUT2D eigenvalue weighted by atomic mass is 9.98. The summed E-state index contributed by atoms with van der Waals surface area (Å²) in [6.07, 6.45) is 4.87. The van der Waals surface area contributed by atoms with Crippen molar-refractivity contribution in [1.29, 1.82) is 0 Å². The van der Waals surface area contributed by atoms with Gasteiger partial charge >= 0.3 is 13.6 Å². The minimum atomic E-state index is -3.32. The molecule has 1 aliphatic rings. The number of esters is 1. The fourth-order valence-corrected chi connectivity index (χ4v) is 3.52. The molecule has 1 aliphatic carbocycles. The zero-order chi connectivity index (χ0) is 13.4. The van der Waals surface area contributed by atoms with Gasteiger partial charge in [0.25, 0.3) is 0 Å². The zero-order valence-electron chi connectivity index (χ0n) is 11.2. The van der Waals surface area contributed by atoms with E-state index in [-0.39, 0.29) is 25.5 Å². The van der Waals surface area contributed by atoms with E-state index in [1.165, 1.54) is 6.42 Å². The van der Waals surface area contributed by atoms with Gasteiger partial charge in [-0.3, -0.25) is 9.36 Å². The van der Waals surface area contributed by atoms with Gasteiger partial charge in [0.05, 0.1) is 13.2 Å². The van der Waals surface area contributed by atoms with Crippen molar-refractivity contribution < 1.29 is 23.1 Å². The lowest BCUT2D eigenvalue weighted by molar-refractivity contribution is -0.147. The van der Waals surface area contributed by atoms with E-state index in [0.29, 0.717) is 0 Å². The van der Waals surface area contributed by atoms with Crippen LogP contribution in [0.4, 0.5) is 0 Å². The van der Waals surface area contributed by atoms with Crippen molar-refractivity contribution >= 4 is 13.6 Å². The molecule has 0 aliphatic heterocycles. The molecule has 1 saturated carbocycles. The molecule has 0 spiro atoms. The average Bonchev–Trinajstić information content (AvgIpc) is 2.30. The van der Waals surface area contributed by atoms with Gasteiger partial charge in [-0.25, -0.2) is 0 Å². The normalized spacial score (nSPS) is 17.7. The summed E-state index contributed by atoms with van der Waals surface area (Å²) in [7, 11) is -3.32. The summed E-state index contributed by atoms with van der Waals surface area (Å²) in [6, 6.07) is 0. The number of carbonyl (C=O) groups excluding carboxylic acids is 1. The van der Waals surface area contributed by atoms with Crippen molar-refractivity contribution in [3.8, 4) is 0 Å². The molecule has 106 valence electrons. The van der Waals surface area contributed by atoms with Crippen molar-refractivity contribution in [3.63, 3.8) is 0 Å². The second-order valence-corrected chi connectivity index (χ2v) is 6.41. The van der Waals surface area contributed by atoms with Crippen molar-refractivity contribution in [3.05, 3.63) is 0 Å². The minimum absolute atomic E-state index is 0.0250. The first-order valence-electron chi connectivity index (χ1n) is 6.67. The van der Waals surface area contributed by atoms with Gasteiger partial charge in [0.1, 0.15) is 12.3 Å². The van der Waals surface area contributed by atoms with Crippen LogP contribution in [0.5, 0.6) is 0 Å². The van der Waals surface area contributed by atoms with Gasteiger partial charge < -0.3 is 13.8 Å². The van der Waals surface area contributed by atoms with Gasteiger partial charge in [0.2, 0.25) is 0 Å². The second-order valence-electron chi connectivity index (χ2n) is 4.35. The van der Waals surface area contributed by atoms with Crippen molar-refractivity contribution in [2.24, 2.45) is 0 Å². The Bertz CT molecular complexity index is 289. The molecule has 0 saturated heterocycles. The van der Waals surface area contributed by atoms with Crippen LogP contribution in [0.3, 0.4) is 0 Å². The molecule has 0 amide bonds. The summed E-state index contributed by atoms with van der Waals surface area (Å²) in [4.78, 5) is 11.7. The van der Waals surface area contributed by atoms with Crippen LogP contribution in [-0.4, -0.2) is 31.4 Å². The van der Waals surface area contributed by atoms with Crippen LogP contribution in [0.25, 0.3) is 0 Å². The van der Waals surface area contributed by atoms with Crippen molar-refractivity contribution in [1.82, 2.24) is 0 Å². The lowest BCUT2D eigenvalue weighted by Crippen LogP contribution is -2.23. The maximum absolute atomic E-state index is 12.1. The maximum atomic E-state index is 12.1. The quantitative estimate of drug-likeness (QED) is 0.529. The SMILES string of the molecule is CCOP(=O)(CC(=O)OC1CCCCC1)OCC. The average molecular weight is 278 g/mol. The fourth-order valence-electron chi connectivity index (χ4n) is 2.09. The Labute approximate surface area is 109 Å². The summed E-state index contributed by atoms with van der Waals surface area (Å²) in [5.41, 5.74) is 0. The summed E-state index contributed by atoms with van der Waals surface area (Å²) in [5.74, 6) is -0.480. The highest BCUT2D eigenvalue weighted by Crippen LogP contribution is 2.47.